The van der Waals surface area contributed by atoms with E-state index in [4.69, 9.17) is 30.5 Å². The smallest absolute Gasteiger partial charge is 0.410 e. The lowest BCUT2D eigenvalue weighted by atomic mass is 9.98. The minimum atomic E-state index is -0.585. The molecule has 2 aromatic heterocycles. The van der Waals surface area contributed by atoms with Gasteiger partial charge in [-0.2, -0.15) is 0 Å². The molecule has 3 N–H and O–H groups in total. The number of rotatable bonds is 7. The number of halogens is 1. The summed E-state index contributed by atoms with van der Waals surface area (Å²) in [6.45, 7) is 6.87. The molecule has 1 saturated carbocycles. The molecule has 1 aromatic carbocycles. The first-order valence-corrected chi connectivity index (χ1v) is 14.8. The molecular formula is C31H36ClN5O6. The van der Waals surface area contributed by atoms with E-state index in [1.54, 1.807) is 30.5 Å². The first kappa shape index (κ1) is 29.1. The molecule has 1 unspecified atom stereocenters. The number of morpholine rings is 1. The van der Waals surface area contributed by atoms with Crippen molar-refractivity contribution >= 4 is 35.0 Å². The molecule has 1 atom stereocenters. The number of hydrogen-bond acceptors (Lipinski definition) is 8. The molecule has 6 rings (SSSR count). The Bertz CT molecular complexity index is 1550. The highest BCUT2D eigenvalue weighted by Gasteiger charge is 2.49. The van der Waals surface area contributed by atoms with Gasteiger partial charge in [-0.15, -0.1) is 0 Å². The summed E-state index contributed by atoms with van der Waals surface area (Å²) in [5.74, 6) is 0.830. The van der Waals surface area contributed by atoms with Gasteiger partial charge in [-0.05, 0) is 51.8 Å². The highest BCUT2D eigenvalue weighted by molar-refractivity contribution is 6.32. The Morgan fingerprint density at radius 3 is 2.84 bits per heavy atom. The van der Waals surface area contributed by atoms with Gasteiger partial charge in [0.25, 0.3) is 5.91 Å². The van der Waals surface area contributed by atoms with Crippen LogP contribution < -0.4 is 20.1 Å². The molecule has 3 aromatic rings. The number of anilines is 2. The van der Waals surface area contributed by atoms with Gasteiger partial charge >= 0.3 is 6.09 Å². The summed E-state index contributed by atoms with van der Waals surface area (Å²) < 4.78 is 23.3. The van der Waals surface area contributed by atoms with Crippen LogP contribution in [0, 0.1) is 0 Å². The van der Waals surface area contributed by atoms with Crippen molar-refractivity contribution in [3.8, 4) is 22.8 Å². The summed E-state index contributed by atoms with van der Waals surface area (Å²) in [6, 6.07) is 7.25. The number of hydrogen-bond donors (Lipinski definition) is 3. The first-order valence-electron chi connectivity index (χ1n) is 14.4. The number of methoxy groups -OCH3 is 1. The largest absolute Gasteiger partial charge is 0.493 e. The summed E-state index contributed by atoms with van der Waals surface area (Å²) in [4.78, 5) is 35.6. The zero-order valence-corrected chi connectivity index (χ0v) is 25.5. The molecular weight excluding hydrogens is 574 g/mol. The number of ether oxygens (including phenoxy) is 4. The van der Waals surface area contributed by atoms with Gasteiger partial charge in [-0.25, -0.2) is 4.79 Å². The van der Waals surface area contributed by atoms with Gasteiger partial charge in [0.05, 0.1) is 54.1 Å². The Hall–Kier alpha value is -3.96. The number of aromatic nitrogens is 2. The highest BCUT2D eigenvalue weighted by Crippen LogP contribution is 2.48. The number of nitrogens with one attached hydrogen (secondary N) is 3. The van der Waals surface area contributed by atoms with Crippen molar-refractivity contribution in [2.24, 2.45) is 0 Å². The van der Waals surface area contributed by atoms with E-state index in [2.05, 4.69) is 20.6 Å². The molecule has 4 heterocycles. The molecule has 1 saturated heterocycles. The second kappa shape index (κ2) is 11.3. The van der Waals surface area contributed by atoms with E-state index in [1.807, 2.05) is 39.0 Å². The maximum atomic E-state index is 13.5. The second-order valence-electron chi connectivity index (χ2n) is 12.2. The van der Waals surface area contributed by atoms with E-state index in [1.165, 1.54) is 0 Å². The third-order valence-electron chi connectivity index (χ3n) is 7.75. The SMILES string of the molecule is COc1c(Cl)cccc1Nc1c(-c2ccncc2OCC2CN(C(=O)OC(C)(C)C)CCO2)[nH]c2c1C(=O)NC1(CC1)C2. The predicted octanol–water partition coefficient (Wildman–Crippen LogP) is 5.32. The Morgan fingerprint density at radius 1 is 1.28 bits per heavy atom. The maximum Gasteiger partial charge on any atom is 0.410 e. The van der Waals surface area contributed by atoms with Crippen LogP contribution in [0.4, 0.5) is 16.2 Å². The fourth-order valence-electron chi connectivity index (χ4n) is 5.55. The van der Waals surface area contributed by atoms with E-state index in [-0.39, 0.29) is 30.3 Å². The first-order chi connectivity index (χ1) is 20.6. The van der Waals surface area contributed by atoms with Gasteiger partial charge in [0.2, 0.25) is 0 Å². The maximum absolute atomic E-state index is 13.5. The van der Waals surface area contributed by atoms with E-state index < -0.39 is 5.60 Å². The molecule has 11 nitrogen and oxygen atoms in total. The average molecular weight is 610 g/mol. The van der Waals surface area contributed by atoms with Crippen LogP contribution in [0.25, 0.3) is 11.3 Å². The highest BCUT2D eigenvalue weighted by atomic mass is 35.5. The van der Waals surface area contributed by atoms with Crippen LogP contribution in [0.1, 0.15) is 49.7 Å². The molecule has 0 bridgehead atoms. The van der Waals surface area contributed by atoms with Gasteiger partial charge < -0.3 is 39.5 Å². The van der Waals surface area contributed by atoms with E-state index in [0.29, 0.717) is 70.8 Å². The molecule has 43 heavy (non-hydrogen) atoms. The van der Waals surface area contributed by atoms with Crippen LogP contribution in [-0.4, -0.2) is 77.5 Å². The number of aromatic amines is 1. The number of pyridine rings is 1. The summed E-state index contributed by atoms with van der Waals surface area (Å²) >= 11 is 6.42. The Morgan fingerprint density at radius 2 is 2.09 bits per heavy atom. The normalized spacial score (nSPS) is 19.0. The van der Waals surface area contributed by atoms with Crippen LogP contribution in [-0.2, 0) is 15.9 Å². The number of amides is 2. The van der Waals surface area contributed by atoms with Crippen molar-refractivity contribution in [3.63, 3.8) is 0 Å². The van der Waals surface area contributed by atoms with Gasteiger partial charge in [-0.3, -0.25) is 9.78 Å². The number of benzene rings is 1. The summed E-state index contributed by atoms with van der Waals surface area (Å²) in [5, 5.41) is 7.08. The number of carbonyl (C=O) groups is 2. The molecule has 1 aliphatic carbocycles. The van der Waals surface area contributed by atoms with Gasteiger partial charge in [0.1, 0.15) is 24.1 Å². The van der Waals surface area contributed by atoms with E-state index in [0.717, 1.165) is 18.5 Å². The monoisotopic (exact) mass is 609 g/mol. The Balaban J connectivity index is 1.30. The van der Waals surface area contributed by atoms with Crippen molar-refractivity contribution in [1.82, 2.24) is 20.2 Å². The number of H-pyrrole nitrogens is 1. The van der Waals surface area contributed by atoms with Crippen LogP contribution in [0.15, 0.2) is 36.7 Å². The second-order valence-corrected chi connectivity index (χ2v) is 12.6. The topological polar surface area (TPSA) is 127 Å². The van der Waals surface area contributed by atoms with Crippen molar-refractivity contribution in [2.45, 2.75) is 57.3 Å². The van der Waals surface area contributed by atoms with Crippen LogP contribution in [0.3, 0.4) is 0 Å². The van der Waals surface area contributed by atoms with E-state index in [9.17, 15) is 9.59 Å². The van der Waals surface area contributed by atoms with Crippen LogP contribution in [0.2, 0.25) is 5.02 Å². The zero-order chi connectivity index (χ0) is 30.4. The molecule has 2 fully saturated rings. The summed E-state index contributed by atoms with van der Waals surface area (Å²) in [6.07, 6.45) is 5.17. The fourth-order valence-corrected chi connectivity index (χ4v) is 5.80. The van der Waals surface area contributed by atoms with Crippen LogP contribution in [0.5, 0.6) is 11.5 Å². The molecule has 0 radical (unpaired) electrons. The number of nitrogens with zero attached hydrogens (tertiary/aromatic N) is 2. The Labute approximate surface area is 255 Å². The minimum absolute atomic E-state index is 0.140. The molecule has 2 amide bonds. The van der Waals surface area contributed by atoms with Crippen molar-refractivity contribution in [2.75, 3.05) is 38.7 Å². The molecule has 2 aliphatic heterocycles. The van der Waals surface area contributed by atoms with Gasteiger partial charge in [-0.1, -0.05) is 17.7 Å². The quantitative estimate of drug-likeness (QED) is 0.329. The third kappa shape index (κ3) is 6.09. The van der Waals surface area contributed by atoms with Crippen LogP contribution >= 0.6 is 11.6 Å². The summed E-state index contributed by atoms with van der Waals surface area (Å²) in [5.41, 5.74) is 3.22. The van der Waals surface area contributed by atoms with Crippen molar-refractivity contribution in [3.05, 3.63) is 52.9 Å². The molecule has 1 spiro atoms. The van der Waals surface area contributed by atoms with Crippen molar-refractivity contribution in [1.29, 1.82) is 0 Å². The molecule has 12 heteroatoms. The van der Waals surface area contributed by atoms with Gasteiger partial charge in [0, 0.05) is 36.0 Å². The molecule has 3 aliphatic rings. The Kier molecular flexibility index (Phi) is 7.64. The molecule has 228 valence electrons. The lowest BCUT2D eigenvalue weighted by Crippen LogP contribution is -2.49. The fraction of sp³-hybridized carbons (Fsp3) is 0.452. The average Bonchev–Trinajstić information content (AvgIpc) is 3.60. The summed E-state index contributed by atoms with van der Waals surface area (Å²) in [7, 11) is 1.55. The van der Waals surface area contributed by atoms with Gasteiger partial charge in [0.15, 0.2) is 5.75 Å². The zero-order valence-electron chi connectivity index (χ0n) is 24.7. The minimum Gasteiger partial charge on any atom is -0.493 e. The lowest BCUT2D eigenvalue weighted by molar-refractivity contribution is -0.0556. The number of carbonyl (C=O) groups excluding carboxylic acids is 2. The third-order valence-corrected chi connectivity index (χ3v) is 8.05. The predicted molar refractivity (Wildman–Crippen MR) is 161 cm³/mol. The number of fused-ring (bicyclic) bond motifs is 1. The van der Waals surface area contributed by atoms with Crippen molar-refractivity contribution < 1.29 is 28.5 Å². The number of para-hydroxylation sites is 1. The lowest BCUT2D eigenvalue weighted by Gasteiger charge is -2.34. The standard InChI is InChI=1S/C31H36ClN5O6/c1-30(2,3)43-29(39)37-12-13-41-18(16-37)17-42-23-15-33-11-8-19(23)25-26(34-21-7-5-6-20(32)27(21)40-4)24-22(35-25)14-31(9-10-31)36-28(24)38/h5-8,11,15,18,34-35H,9-10,12-14,16-17H2,1-4H3,(H,36,38). The van der Waals surface area contributed by atoms with E-state index >= 15 is 0 Å².